The van der Waals surface area contributed by atoms with Gasteiger partial charge in [0.25, 0.3) is 0 Å². The number of pyridine rings is 2. The average molecular weight is 341 g/mol. The number of nitrogens with one attached hydrogen (secondary N) is 1. The van der Waals surface area contributed by atoms with Crippen molar-refractivity contribution in [3.8, 4) is 11.3 Å². The first-order chi connectivity index (χ1) is 11.8. The Morgan fingerprint density at radius 3 is 2.96 bits per heavy atom. The molecule has 1 saturated heterocycles. The Hall–Kier alpha value is -2.24. The number of ether oxygens (including phenoxy) is 1. The van der Waals surface area contributed by atoms with Crippen LogP contribution in [0.25, 0.3) is 11.3 Å². The van der Waals surface area contributed by atoms with Crippen molar-refractivity contribution in [2.45, 2.75) is 24.9 Å². The van der Waals surface area contributed by atoms with Crippen LogP contribution in [-0.2, 0) is 4.74 Å². The zero-order valence-electron chi connectivity index (χ0n) is 13.0. The van der Waals surface area contributed by atoms with E-state index in [1.807, 2.05) is 36.7 Å². The predicted molar refractivity (Wildman–Crippen MR) is 91.7 cm³/mol. The Morgan fingerprint density at radius 1 is 1.21 bits per heavy atom. The van der Waals surface area contributed by atoms with Crippen LogP contribution < -0.4 is 0 Å². The van der Waals surface area contributed by atoms with Crippen LogP contribution >= 0.6 is 11.6 Å². The molecular weight excluding hydrogens is 324 g/mol. The molecule has 1 aliphatic heterocycles. The molecule has 0 saturated carbocycles. The van der Waals surface area contributed by atoms with E-state index in [-0.39, 0.29) is 6.10 Å². The molecule has 3 aromatic heterocycles. The summed E-state index contributed by atoms with van der Waals surface area (Å²) in [5, 5.41) is 8.04. The van der Waals surface area contributed by atoms with Crippen molar-refractivity contribution in [2.24, 2.45) is 0 Å². The Balaban J connectivity index is 1.52. The summed E-state index contributed by atoms with van der Waals surface area (Å²) in [6.07, 6.45) is 7.33. The van der Waals surface area contributed by atoms with Crippen LogP contribution in [0.15, 0.2) is 48.9 Å². The maximum absolute atomic E-state index is 5.96. The summed E-state index contributed by atoms with van der Waals surface area (Å²) in [7, 11) is 0. The van der Waals surface area contributed by atoms with Crippen molar-refractivity contribution >= 4 is 11.6 Å². The molecular formula is C18H17ClN4O. The largest absolute Gasteiger partial charge is 0.372 e. The van der Waals surface area contributed by atoms with Crippen LogP contribution in [0.3, 0.4) is 0 Å². The van der Waals surface area contributed by atoms with Gasteiger partial charge in [-0.1, -0.05) is 17.7 Å². The first-order valence-electron chi connectivity index (χ1n) is 7.98. The lowest BCUT2D eigenvalue weighted by molar-refractivity contribution is 0.00266. The van der Waals surface area contributed by atoms with Gasteiger partial charge in [-0.25, -0.2) is 4.98 Å². The number of rotatable bonds is 3. The van der Waals surface area contributed by atoms with Crippen LogP contribution in [0.1, 0.15) is 36.1 Å². The monoisotopic (exact) mass is 340 g/mol. The van der Waals surface area contributed by atoms with Gasteiger partial charge in [0.1, 0.15) is 5.15 Å². The van der Waals surface area contributed by atoms with Crippen LogP contribution in [0, 0.1) is 0 Å². The van der Waals surface area contributed by atoms with E-state index < -0.39 is 0 Å². The number of aromatic amines is 1. The zero-order chi connectivity index (χ0) is 16.4. The molecule has 4 rings (SSSR count). The van der Waals surface area contributed by atoms with Gasteiger partial charge in [0.2, 0.25) is 0 Å². The van der Waals surface area contributed by atoms with Gasteiger partial charge in [0, 0.05) is 30.8 Å². The smallest absolute Gasteiger partial charge is 0.129 e. The summed E-state index contributed by atoms with van der Waals surface area (Å²) < 4.78 is 5.96. The topological polar surface area (TPSA) is 63.7 Å². The molecule has 1 N–H and O–H groups in total. The summed E-state index contributed by atoms with van der Waals surface area (Å²) in [6.45, 7) is 0.721. The van der Waals surface area contributed by atoms with E-state index in [2.05, 4.69) is 26.2 Å². The minimum Gasteiger partial charge on any atom is -0.372 e. The lowest BCUT2D eigenvalue weighted by atomic mass is 9.88. The Labute approximate surface area is 145 Å². The van der Waals surface area contributed by atoms with Gasteiger partial charge >= 0.3 is 0 Å². The molecule has 3 aromatic rings. The second-order valence-corrected chi connectivity index (χ2v) is 6.33. The number of halogens is 1. The molecule has 0 amide bonds. The van der Waals surface area contributed by atoms with Crippen molar-refractivity contribution in [3.05, 3.63) is 65.3 Å². The molecule has 5 nitrogen and oxygen atoms in total. The van der Waals surface area contributed by atoms with E-state index in [4.69, 9.17) is 16.3 Å². The summed E-state index contributed by atoms with van der Waals surface area (Å²) in [4.78, 5) is 8.33. The van der Waals surface area contributed by atoms with Gasteiger partial charge in [0.15, 0.2) is 0 Å². The van der Waals surface area contributed by atoms with Gasteiger partial charge in [0.05, 0.1) is 17.5 Å². The summed E-state index contributed by atoms with van der Waals surface area (Å²) in [5.74, 6) is 0.415. The van der Waals surface area contributed by atoms with Crippen LogP contribution in [0.4, 0.5) is 0 Å². The molecule has 122 valence electrons. The molecule has 1 fully saturated rings. The molecule has 0 aliphatic carbocycles. The van der Waals surface area contributed by atoms with Crippen molar-refractivity contribution in [1.29, 1.82) is 0 Å². The predicted octanol–water partition coefficient (Wildman–Crippen LogP) is 4.16. The molecule has 0 bridgehead atoms. The highest BCUT2D eigenvalue weighted by molar-refractivity contribution is 6.29. The zero-order valence-corrected chi connectivity index (χ0v) is 13.8. The summed E-state index contributed by atoms with van der Waals surface area (Å²) >= 11 is 5.88. The molecule has 4 heterocycles. The molecule has 2 atom stereocenters. The number of aromatic nitrogens is 4. The Kier molecular flexibility index (Phi) is 4.28. The van der Waals surface area contributed by atoms with Crippen molar-refractivity contribution < 1.29 is 4.74 Å². The maximum Gasteiger partial charge on any atom is 0.129 e. The minimum atomic E-state index is 0.0114. The molecule has 0 spiro atoms. The lowest BCUT2D eigenvalue weighted by Crippen LogP contribution is -2.19. The number of nitrogens with zero attached hydrogens (tertiary/aromatic N) is 3. The summed E-state index contributed by atoms with van der Waals surface area (Å²) in [5.41, 5.74) is 4.09. The first kappa shape index (κ1) is 15.3. The fourth-order valence-corrected chi connectivity index (χ4v) is 3.22. The van der Waals surface area contributed by atoms with E-state index in [0.29, 0.717) is 11.1 Å². The highest BCUT2D eigenvalue weighted by Crippen LogP contribution is 2.37. The van der Waals surface area contributed by atoms with Gasteiger partial charge in [-0.15, -0.1) is 0 Å². The standard InChI is InChI=1S/C18H17ClN4O/c19-18-4-3-13(11-21-18)12-5-7-24-17(8-12)16-9-15(22-23-16)14-2-1-6-20-10-14/h1-4,6,9-12,17H,5,7-8H2,(H,22,23). The van der Waals surface area contributed by atoms with Gasteiger partial charge in [-0.2, -0.15) is 5.10 Å². The SMILES string of the molecule is Clc1ccc(C2CCOC(c3cc(-c4cccnc4)n[nH]3)C2)cn1. The Morgan fingerprint density at radius 2 is 2.17 bits per heavy atom. The van der Waals surface area contributed by atoms with Crippen molar-refractivity contribution in [2.75, 3.05) is 6.61 Å². The highest BCUT2D eigenvalue weighted by atomic mass is 35.5. The normalized spacial score (nSPS) is 20.9. The molecule has 2 unspecified atom stereocenters. The molecule has 1 aliphatic rings. The highest BCUT2D eigenvalue weighted by Gasteiger charge is 2.26. The minimum absolute atomic E-state index is 0.0114. The Bertz CT molecular complexity index is 803. The van der Waals surface area contributed by atoms with E-state index in [0.717, 1.165) is 36.4 Å². The molecule has 0 radical (unpaired) electrons. The third-order valence-electron chi connectivity index (χ3n) is 4.41. The number of hydrogen-bond acceptors (Lipinski definition) is 4. The maximum atomic E-state index is 5.96. The van der Waals surface area contributed by atoms with Crippen LogP contribution in [-0.4, -0.2) is 26.8 Å². The van der Waals surface area contributed by atoms with Crippen molar-refractivity contribution in [1.82, 2.24) is 20.2 Å². The number of H-pyrrole nitrogens is 1. The van der Waals surface area contributed by atoms with E-state index in [1.54, 1.807) is 6.20 Å². The van der Waals surface area contributed by atoms with E-state index in [1.165, 1.54) is 5.56 Å². The van der Waals surface area contributed by atoms with Crippen LogP contribution in [0.2, 0.25) is 5.15 Å². The third-order valence-corrected chi connectivity index (χ3v) is 4.63. The first-order valence-corrected chi connectivity index (χ1v) is 8.36. The van der Waals surface area contributed by atoms with Crippen molar-refractivity contribution in [3.63, 3.8) is 0 Å². The van der Waals surface area contributed by atoms with Gasteiger partial charge < -0.3 is 4.74 Å². The number of hydrogen-bond donors (Lipinski definition) is 1. The van der Waals surface area contributed by atoms with Crippen LogP contribution in [0.5, 0.6) is 0 Å². The summed E-state index contributed by atoms with van der Waals surface area (Å²) in [6, 6.07) is 9.85. The van der Waals surface area contributed by atoms with E-state index >= 15 is 0 Å². The molecule has 6 heteroatoms. The van der Waals surface area contributed by atoms with Gasteiger partial charge in [-0.05, 0) is 48.6 Å². The fourth-order valence-electron chi connectivity index (χ4n) is 3.11. The lowest BCUT2D eigenvalue weighted by Gasteiger charge is -2.29. The van der Waals surface area contributed by atoms with Gasteiger partial charge in [-0.3, -0.25) is 10.1 Å². The molecule has 24 heavy (non-hydrogen) atoms. The second kappa shape index (κ2) is 6.71. The average Bonchev–Trinajstić information content (AvgIpc) is 3.13. The van der Waals surface area contributed by atoms with E-state index in [9.17, 15) is 0 Å². The molecule has 0 aromatic carbocycles. The second-order valence-electron chi connectivity index (χ2n) is 5.95. The third kappa shape index (κ3) is 3.18. The quantitative estimate of drug-likeness (QED) is 0.727. The fraction of sp³-hybridized carbons (Fsp3) is 0.278.